The van der Waals surface area contributed by atoms with E-state index in [4.69, 9.17) is 20.0 Å². The molecular weight excluding hydrogens is 499 g/mol. The average Bonchev–Trinajstić information content (AvgIpc) is 3.33. The van der Waals surface area contributed by atoms with E-state index in [1.807, 2.05) is 0 Å². The van der Waals surface area contributed by atoms with Gasteiger partial charge in [0.25, 0.3) is 0 Å². The summed E-state index contributed by atoms with van der Waals surface area (Å²) >= 11 is 4.32. The van der Waals surface area contributed by atoms with Crippen LogP contribution in [0.4, 0.5) is 4.39 Å². The van der Waals surface area contributed by atoms with Crippen molar-refractivity contribution in [1.82, 2.24) is 41.5 Å². The Morgan fingerprint density at radius 3 is 2.84 bits per heavy atom. The highest BCUT2D eigenvalue weighted by Crippen LogP contribution is 2.28. The maximum absolute atomic E-state index is 13.6. The van der Waals surface area contributed by atoms with E-state index in [1.165, 1.54) is 30.0 Å². The summed E-state index contributed by atoms with van der Waals surface area (Å²) in [5.74, 6) is -0.945. The molecule has 3 aromatic rings. The zero-order valence-corrected chi connectivity index (χ0v) is 18.2. The third kappa shape index (κ3) is 5.47. The lowest BCUT2D eigenvalue weighted by atomic mass is 10.3. The molecule has 6 N–H and O–H groups in total. The van der Waals surface area contributed by atoms with Gasteiger partial charge in [0.15, 0.2) is 16.7 Å². The molecule has 0 aliphatic heterocycles. The predicted molar refractivity (Wildman–Crippen MR) is 113 cm³/mol. The lowest BCUT2D eigenvalue weighted by molar-refractivity contribution is 0.299. The number of hydrazine groups is 1. The van der Waals surface area contributed by atoms with Crippen LogP contribution in [0.1, 0.15) is 0 Å². The van der Waals surface area contributed by atoms with Gasteiger partial charge in [-0.15, -0.1) is 0 Å². The van der Waals surface area contributed by atoms with Crippen molar-refractivity contribution in [2.24, 2.45) is 0 Å². The Morgan fingerprint density at radius 1 is 1.29 bits per heavy atom. The van der Waals surface area contributed by atoms with E-state index in [-0.39, 0.29) is 27.9 Å². The van der Waals surface area contributed by atoms with Crippen molar-refractivity contribution < 1.29 is 13.5 Å². The van der Waals surface area contributed by atoms with Gasteiger partial charge < -0.3 is 5.32 Å². The first-order chi connectivity index (χ1) is 14.9. The van der Waals surface area contributed by atoms with Crippen LogP contribution in [0.25, 0.3) is 17.2 Å². The van der Waals surface area contributed by atoms with Gasteiger partial charge in [0.05, 0.1) is 10.2 Å². The zero-order chi connectivity index (χ0) is 22.4. The van der Waals surface area contributed by atoms with Crippen molar-refractivity contribution in [3.8, 4) is 17.2 Å². The van der Waals surface area contributed by atoms with Gasteiger partial charge in [-0.05, 0) is 44.4 Å². The topological polar surface area (TPSA) is 183 Å². The highest BCUT2D eigenvalue weighted by Gasteiger charge is 2.23. The van der Waals surface area contributed by atoms with Gasteiger partial charge in [0.1, 0.15) is 5.82 Å². The number of nitrogens with zero attached hydrogens (tertiary/aromatic N) is 4. The first kappa shape index (κ1) is 22.4. The summed E-state index contributed by atoms with van der Waals surface area (Å²) in [6.07, 6.45) is 0. The van der Waals surface area contributed by atoms with Gasteiger partial charge in [-0.1, -0.05) is 16.9 Å². The predicted octanol–water partition coefficient (Wildman–Crippen LogP) is 0.642. The number of guanidine groups is 2. The van der Waals surface area contributed by atoms with E-state index in [0.717, 1.165) is 4.57 Å². The second-order valence-electron chi connectivity index (χ2n) is 5.65. The Hall–Kier alpha value is -3.24. The van der Waals surface area contributed by atoms with Crippen LogP contribution in [-0.2, 0) is 0 Å². The lowest BCUT2D eigenvalue weighted by Gasteiger charge is -2.11. The number of aromatic nitrogens is 4. The Labute approximate surface area is 186 Å². The molecule has 2 heterocycles. The normalized spacial score (nSPS) is 10.7. The fourth-order valence-corrected chi connectivity index (χ4v) is 3.43. The minimum absolute atomic E-state index is 0.0428. The maximum atomic E-state index is 13.6. The third-order valence-electron chi connectivity index (χ3n) is 3.58. The summed E-state index contributed by atoms with van der Waals surface area (Å²) in [6, 6.07) is 3.99. The fraction of sp³-hybridized carbons (Fsp3) is 0.200. The monoisotopic (exact) mass is 514 g/mol. The summed E-state index contributed by atoms with van der Waals surface area (Å²) < 4.78 is 24.4. The molecule has 0 unspecified atom stereocenters. The van der Waals surface area contributed by atoms with Crippen LogP contribution >= 0.6 is 27.7 Å². The number of hydrogen-bond acceptors (Lipinski definition) is 10. The van der Waals surface area contributed by atoms with E-state index < -0.39 is 11.6 Å². The number of halogens is 2. The number of rotatable bonds is 7. The van der Waals surface area contributed by atoms with Gasteiger partial charge in [-0.3, -0.25) is 26.1 Å². The molecule has 2 aromatic heterocycles. The van der Waals surface area contributed by atoms with Gasteiger partial charge in [0, 0.05) is 19.3 Å². The number of nitrogens with one attached hydrogen (secondary N) is 6. The van der Waals surface area contributed by atoms with E-state index in [0.29, 0.717) is 23.0 Å². The Balaban J connectivity index is 1.69. The molecule has 164 valence electrons. The van der Waals surface area contributed by atoms with E-state index in [9.17, 15) is 9.18 Å². The first-order valence-electron chi connectivity index (χ1n) is 8.51. The van der Waals surface area contributed by atoms with Crippen LogP contribution in [0, 0.1) is 16.6 Å². The quantitative estimate of drug-likeness (QED) is 0.0854. The van der Waals surface area contributed by atoms with E-state index in [1.54, 1.807) is 7.05 Å². The van der Waals surface area contributed by atoms with E-state index in [2.05, 4.69) is 52.9 Å². The highest BCUT2D eigenvalue weighted by atomic mass is 79.9. The SMILES string of the molecule is CNNC(=N)NC(=N)NCCSc1nonc1-c1noc(=O)n1-c1ccc(F)c(Br)c1. The fourth-order valence-electron chi connectivity index (χ4n) is 2.31. The molecule has 0 amide bonds. The van der Waals surface area contributed by atoms with Gasteiger partial charge in [-0.2, -0.15) is 0 Å². The Morgan fingerprint density at radius 2 is 2.10 bits per heavy atom. The lowest BCUT2D eigenvalue weighted by Crippen LogP contribution is -2.49. The Bertz CT molecular complexity index is 1150. The maximum Gasteiger partial charge on any atom is 0.446 e. The smallest absolute Gasteiger partial charge is 0.355 e. The minimum atomic E-state index is -0.786. The van der Waals surface area contributed by atoms with Crippen LogP contribution in [0.5, 0.6) is 0 Å². The average molecular weight is 515 g/mol. The third-order valence-corrected chi connectivity index (χ3v) is 5.14. The summed E-state index contributed by atoms with van der Waals surface area (Å²) in [4.78, 5) is 12.2. The van der Waals surface area contributed by atoms with Crippen molar-refractivity contribution in [2.45, 2.75) is 5.03 Å². The summed E-state index contributed by atoms with van der Waals surface area (Å²) in [5, 5.41) is 32.2. The molecule has 0 fully saturated rings. The molecule has 0 spiro atoms. The molecule has 3 rings (SSSR count). The molecule has 31 heavy (non-hydrogen) atoms. The van der Waals surface area contributed by atoms with Gasteiger partial charge >= 0.3 is 5.76 Å². The zero-order valence-electron chi connectivity index (χ0n) is 15.8. The van der Waals surface area contributed by atoms with Gasteiger partial charge in [0.2, 0.25) is 11.8 Å². The second kappa shape index (κ2) is 10.2. The molecule has 0 aliphatic rings. The van der Waals surface area contributed by atoms with Crippen molar-refractivity contribution >= 4 is 39.6 Å². The summed E-state index contributed by atoms with van der Waals surface area (Å²) in [6.45, 7) is 0.353. The van der Waals surface area contributed by atoms with Crippen molar-refractivity contribution in [3.63, 3.8) is 0 Å². The molecule has 0 bridgehead atoms. The van der Waals surface area contributed by atoms with Crippen LogP contribution in [0.3, 0.4) is 0 Å². The molecule has 0 atom stereocenters. The van der Waals surface area contributed by atoms with Crippen LogP contribution in [-0.4, -0.2) is 51.3 Å². The van der Waals surface area contributed by atoms with Crippen LogP contribution in [0.2, 0.25) is 0 Å². The molecular formula is C15H16BrFN10O3S. The van der Waals surface area contributed by atoms with Crippen molar-refractivity contribution in [1.29, 1.82) is 10.8 Å². The number of benzene rings is 1. The number of thioether (sulfide) groups is 1. The molecule has 1 aromatic carbocycles. The molecule has 0 saturated heterocycles. The standard InChI is InChI=1S/C15H16BrFN10O3S/c1-20-23-14(19)22-13(18)21-4-5-31-12-10(24-30-26-12)11-25-29-15(28)27(11)7-2-3-9(17)8(16)6-7/h2-3,6,20H,4-5H2,1H3,(H5,18,19,21,22,23). The van der Waals surface area contributed by atoms with Crippen molar-refractivity contribution in [3.05, 3.63) is 39.0 Å². The largest absolute Gasteiger partial charge is 0.446 e. The van der Waals surface area contributed by atoms with Crippen LogP contribution < -0.4 is 27.2 Å². The number of hydrogen-bond donors (Lipinski definition) is 6. The molecule has 0 saturated carbocycles. The van der Waals surface area contributed by atoms with Gasteiger partial charge in [-0.25, -0.2) is 23.8 Å². The Kier molecular flexibility index (Phi) is 7.37. The molecule has 0 radical (unpaired) electrons. The molecule has 16 heteroatoms. The first-order valence-corrected chi connectivity index (χ1v) is 10.3. The second-order valence-corrected chi connectivity index (χ2v) is 7.59. The summed E-state index contributed by atoms with van der Waals surface area (Å²) in [7, 11) is 1.59. The minimum Gasteiger partial charge on any atom is -0.355 e. The summed E-state index contributed by atoms with van der Waals surface area (Å²) in [5.41, 5.74) is 5.52. The van der Waals surface area contributed by atoms with Crippen molar-refractivity contribution in [2.75, 3.05) is 19.3 Å². The molecule has 0 aliphatic carbocycles. The van der Waals surface area contributed by atoms with Crippen LogP contribution in [0.15, 0.2) is 41.6 Å². The molecule has 13 nitrogen and oxygen atoms in total. The van der Waals surface area contributed by atoms with E-state index >= 15 is 0 Å². The highest BCUT2D eigenvalue weighted by molar-refractivity contribution is 9.10.